The molecule has 2 aromatic rings. The molecular formula is C21H28N4O2S. The van der Waals surface area contributed by atoms with E-state index in [1.165, 1.54) is 0 Å². The second-order valence-corrected chi connectivity index (χ2v) is 8.20. The maximum Gasteiger partial charge on any atom is 0.251 e. The quantitative estimate of drug-likeness (QED) is 0.592. The molecule has 0 radical (unpaired) electrons. The molecule has 1 saturated heterocycles. The molecule has 0 aliphatic carbocycles. The van der Waals surface area contributed by atoms with Crippen molar-refractivity contribution in [1.29, 1.82) is 0 Å². The first-order valence-corrected chi connectivity index (χ1v) is 10.6. The standard InChI is InChI=1S/C21H28N4O2S/c1-14(2)22-20(26)18-7-5-17(6-8-18)13-28-21-23-16(4)15(3)19(24-21)25-9-11-27-12-10-25/h5-8,14H,9-13H2,1-4H3,(H,22,26). The lowest BCUT2D eigenvalue weighted by atomic mass is 10.1. The van der Waals surface area contributed by atoms with Crippen LogP contribution in [0.5, 0.6) is 0 Å². The van der Waals surface area contributed by atoms with Gasteiger partial charge in [0, 0.05) is 41.7 Å². The van der Waals surface area contributed by atoms with Crippen molar-refractivity contribution in [1.82, 2.24) is 15.3 Å². The Hall–Kier alpha value is -2.12. The van der Waals surface area contributed by atoms with E-state index in [9.17, 15) is 4.79 Å². The van der Waals surface area contributed by atoms with Gasteiger partial charge < -0.3 is 15.0 Å². The van der Waals surface area contributed by atoms with Crippen LogP contribution in [0.15, 0.2) is 29.4 Å². The van der Waals surface area contributed by atoms with Crippen molar-refractivity contribution < 1.29 is 9.53 Å². The zero-order valence-corrected chi connectivity index (χ0v) is 17.8. The summed E-state index contributed by atoms with van der Waals surface area (Å²) in [5.41, 5.74) is 3.96. The van der Waals surface area contributed by atoms with Crippen molar-refractivity contribution in [2.45, 2.75) is 44.6 Å². The van der Waals surface area contributed by atoms with E-state index >= 15 is 0 Å². The first-order valence-electron chi connectivity index (χ1n) is 9.64. The third-order valence-electron chi connectivity index (χ3n) is 4.66. The molecule has 1 aromatic carbocycles. The summed E-state index contributed by atoms with van der Waals surface area (Å²) in [5.74, 6) is 1.73. The minimum atomic E-state index is -0.0400. The average molecular weight is 401 g/mol. The second kappa shape index (κ2) is 9.39. The van der Waals surface area contributed by atoms with Gasteiger partial charge in [0.1, 0.15) is 5.82 Å². The van der Waals surface area contributed by atoms with E-state index in [0.717, 1.165) is 59.9 Å². The molecule has 6 nitrogen and oxygen atoms in total. The molecule has 1 aliphatic heterocycles. The van der Waals surface area contributed by atoms with Crippen LogP contribution in [0.3, 0.4) is 0 Å². The van der Waals surface area contributed by atoms with Crippen LogP contribution in [0.25, 0.3) is 0 Å². The molecule has 1 amide bonds. The number of aryl methyl sites for hydroxylation is 1. The van der Waals surface area contributed by atoms with E-state index < -0.39 is 0 Å². The number of nitrogens with zero attached hydrogens (tertiary/aromatic N) is 3. The number of hydrogen-bond donors (Lipinski definition) is 1. The largest absolute Gasteiger partial charge is 0.378 e. The van der Waals surface area contributed by atoms with Crippen molar-refractivity contribution in [3.05, 3.63) is 46.6 Å². The summed E-state index contributed by atoms with van der Waals surface area (Å²) in [6.45, 7) is 11.2. The number of amides is 1. The summed E-state index contributed by atoms with van der Waals surface area (Å²) in [5, 5.41) is 3.69. The van der Waals surface area contributed by atoms with Gasteiger partial charge in [0.25, 0.3) is 5.91 Å². The van der Waals surface area contributed by atoms with E-state index in [2.05, 4.69) is 22.1 Å². The molecule has 2 heterocycles. The zero-order valence-electron chi connectivity index (χ0n) is 17.0. The SMILES string of the molecule is Cc1nc(SCc2ccc(C(=O)NC(C)C)cc2)nc(N2CCOCC2)c1C. The van der Waals surface area contributed by atoms with Gasteiger partial charge in [0.15, 0.2) is 5.16 Å². The minimum Gasteiger partial charge on any atom is -0.378 e. The Bertz CT molecular complexity index is 818. The maximum atomic E-state index is 12.1. The lowest BCUT2D eigenvalue weighted by Crippen LogP contribution is -2.37. The Balaban J connectivity index is 1.67. The molecule has 1 aromatic heterocycles. The highest BCUT2D eigenvalue weighted by molar-refractivity contribution is 7.98. The van der Waals surface area contributed by atoms with Gasteiger partial charge in [-0.25, -0.2) is 9.97 Å². The van der Waals surface area contributed by atoms with Crippen LogP contribution in [0.4, 0.5) is 5.82 Å². The number of thioether (sulfide) groups is 1. The molecule has 7 heteroatoms. The Morgan fingerprint density at radius 1 is 1.18 bits per heavy atom. The van der Waals surface area contributed by atoms with Crippen LogP contribution in [0, 0.1) is 13.8 Å². The summed E-state index contributed by atoms with van der Waals surface area (Å²) in [7, 11) is 0. The van der Waals surface area contributed by atoms with Crippen molar-refractivity contribution in [3.8, 4) is 0 Å². The topological polar surface area (TPSA) is 67.4 Å². The molecule has 3 rings (SSSR count). The molecule has 0 saturated carbocycles. The number of aromatic nitrogens is 2. The van der Waals surface area contributed by atoms with Crippen molar-refractivity contribution in [2.75, 3.05) is 31.2 Å². The monoisotopic (exact) mass is 400 g/mol. The van der Waals surface area contributed by atoms with E-state index in [0.29, 0.717) is 5.56 Å². The fourth-order valence-corrected chi connectivity index (χ4v) is 3.82. The molecule has 0 unspecified atom stereocenters. The first kappa shape index (κ1) is 20.6. The molecular weight excluding hydrogens is 372 g/mol. The second-order valence-electron chi connectivity index (χ2n) is 7.25. The molecule has 150 valence electrons. The summed E-state index contributed by atoms with van der Waals surface area (Å²) in [6, 6.07) is 7.85. The fraction of sp³-hybridized carbons (Fsp3) is 0.476. The lowest BCUT2D eigenvalue weighted by Gasteiger charge is -2.29. The van der Waals surface area contributed by atoms with Crippen LogP contribution in [-0.2, 0) is 10.5 Å². The molecule has 0 atom stereocenters. The number of rotatable bonds is 6. The third-order valence-corrected chi connectivity index (χ3v) is 5.58. The number of hydrogen-bond acceptors (Lipinski definition) is 6. The number of carbonyl (C=O) groups excluding carboxylic acids is 1. The van der Waals surface area contributed by atoms with Crippen LogP contribution < -0.4 is 10.2 Å². The van der Waals surface area contributed by atoms with Crippen LogP contribution in [0.2, 0.25) is 0 Å². The number of benzene rings is 1. The van der Waals surface area contributed by atoms with Crippen LogP contribution in [-0.4, -0.2) is 48.2 Å². The van der Waals surface area contributed by atoms with Gasteiger partial charge in [-0.1, -0.05) is 23.9 Å². The molecule has 0 bridgehead atoms. The number of morpholine rings is 1. The summed E-state index contributed by atoms with van der Waals surface area (Å²) in [4.78, 5) is 23.8. The molecule has 1 N–H and O–H groups in total. The Labute approximate surface area is 171 Å². The predicted molar refractivity (Wildman–Crippen MR) is 113 cm³/mol. The van der Waals surface area contributed by atoms with Crippen molar-refractivity contribution in [3.63, 3.8) is 0 Å². The third kappa shape index (κ3) is 5.23. The van der Waals surface area contributed by atoms with Gasteiger partial charge in [-0.3, -0.25) is 4.79 Å². The molecule has 28 heavy (non-hydrogen) atoms. The number of ether oxygens (including phenoxy) is 1. The van der Waals surface area contributed by atoms with Crippen molar-refractivity contribution >= 4 is 23.5 Å². The molecule has 1 fully saturated rings. The van der Waals surface area contributed by atoms with Crippen LogP contribution in [0.1, 0.15) is 41.0 Å². The lowest BCUT2D eigenvalue weighted by molar-refractivity contribution is 0.0943. The van der Waals surface area contributed by atoms with Gasteiger partial charge in [-0.15, -0.1) is 0 Å². The van der Waals surface area contributed by atoms with Crippen molar-refractivity contribution in [2.24, 2.45) is 0 Å². The number of carbonyl (C=O) groups is 1. The summed E-state index contributed by atoms with van der Waals surface area (Å²) >= 11 is 1.62. The molecule has 0 spiro atoms. The Morgan fingerprint density at radius 3 is 2.50 bits per heavy atom. The Morgan fingerprint density at radius 2 is 1.86 bits per heavy atom. The number of anilines is 1. The van der Waals surface area contributed by atoms with Gasteiger partial charge in [0.2, 0.25) is 0 Å². The first-order chi connectivity index (χ1) is 13.4. The zero-order chi connectivity index (χ0) is 20.1. The highest BCUT2D eigenvalue weighted by atomic mass is 32.2. The minimum absolute atomic E-state index is 0.0400. The smallest absolute Gasteiger partial charge is 0.251 e. The summed E-state index contributed by atoms with van der Waals surface area (Å²) < 4.78 is 5.46. The fourth-order valence-electron chi connectivity index (χ4n) is 2.98. The molecule has 1 aliphatic rings. The van der Waals surface area contributed by atoms with Gasteiger partial charge in [-0.05, 0) is 45.4 Å². The van der Waals surface area contributed by atoms with Gasteiger partial charge in [-0.2, -0.15) is 0 Å². The van der Waals surface area contributed by atoms with E-state index in [1.807, 2.05) is 45.0 Å². The van der Waals surface area contributed by atoms with Gasteiger partial charge in [0.05, 0.1) is 13.2 Å². The number of nitrogens with one attached hydrogen (secondary N) is 1. The normalized spacial score (nSPS) is 14.4. The highest BCUT2D eigenvalue weighted by Crippen LogP contribution is 2.26. The average Bonchev–Trinajstić information content (AvgIpc) is 2.69. The van der Waals surface area contributed by atoms with Gasteiger partial charge >= 0.3 is 0 Å². The van der Waals surface area contributed by atoms with E-state index in [4.69, 9.17) is 9.72 Å². The maximum absolute atomic E-state index is 12.1. The predicted octanol–water partition coefficient (Wildman–Crippen LogP) is 3.36. The van der Waals surface area contributed by atoms with E-state index in [-0.39, 0.29) is 11.9 Å². The van der Waals surface area contributed by atoms with E-state index in [1.54, 1.807) is 11.8 Å². The summed E-state index contributed by atoms with van der Waals surface area (Å²) in [6.07, 6.45) is 0. The highest BCUT2D eigenvalue weighted by Gasteiger charge is 2.18. The Kier molecular flexibility index (Phi) is 6.91. The van der Waals surface area contributed by atoms with Crippen LogP contribution >= 0.6 is 11.8 Å².